The molecule has 0 aliphatic heterocycles. The number of rotatable bonds is 8. The van der Waals surface area contributed by atoms with Crippen LogP contribution in [0, 0.1) is 12.7 Å². The summed E-state index contributed by atoms with van der Waals surface area (Å²) in [4.78, 5) is 6.22. The predicted octanol–water partition coefficient (Wildman–Crippen LogP) is 4.08. The van der Waals surface area contributed by atoms with Gasteiger partial charge in [0, 0.05) is 37.8 Å². The van der Waals surface area contributed by atoms with Crippen LogP contribution in [-0.4, -0.2) is 38.6 Å². The van der Waals surface area contributed by atoms with E-state index in [1.54, 1.807) is 13.1 Å². The topological polar surface area (TPSA) is 48.9 Å². The van der Waals surface area contributed by atoms with Crippen molar-refractivity contribution in [3.05, 3.63) is 64.5 Å². The van der Waals surface area contributed by atoms with Crippen molar-refractivity contribution in [3.8, 4) is 5.75 Å². The normalized spacial score (nSPS) is 11.2. The van der Waals surface area contributed by atoms with Gasteiger partial charge in [-0.25, -0.2) is 4.39 Å². The summed E-state index contributed by atoms with van der Waals surface area (Å²) in [7, 11) is 5.59. The van der Waals surface area contributed by atoms with Gasteiger partial charge in [-0.3, -0.25) is 4.99 Å². The van der Waals surface area contributed by atoms with Crippen LogP contribution >= 0.6 is 24.0 Å². The number of hydrogen-bond acceptors (Lipinski definition) is 3. The zero-order chi connectivity index (χ0) is 20.5. The van der Waals surface area contributed by atoms with Crippen molar-refractivity contribution < 1.29 is 9.13 Å². The minimum Gasteiger partial charge on any atom is -0.494 e. The second-order valence-electron chi connectivity index (χ2n) is 6.99. The number of halogens is 2. The molecule has 2 aromatic rings. The number of aryl methyl sites for hydroxylation is 1. The first-order valence-corrected chi connectivity index (χ1v) is 9.51. The highest BCUT2D eigenvalue weighted by Crippen LogP contribution is 2.20. The molecule has 0 unspecified atom stereocenters. The van der Waals surface area contributed by atoms with Gasteiger partial charge in [0.15, 0.2) is 5.96 Å². The lowest BCUT2D eigenvalue weighted by atomic mass is 10.1. The Morgan fingerprint density at radius 1 is 1.07 bits per heavy atom. The Bertz CT molecular complexity index is 811. The van der Waals surface area contributed by atoms with Crippen molar-refractivity contribution >= 4 is 29.9 Å². The van der Waals surface area contributed by atoms with Gasteiger partial charge in [0.2, 0.25) is 0 Å². The fourth-order valence-corrected chi connectivity index (χ4v) is 2.88. The van der Waals surface area contributed by atoms with E-state index in [-0.39, 0.29) is 29.8 Å². The Labute approximate surface area is 190 Å². The number of nitrogens with zero attached hydrogens (tertiary/aromatic N) is 2. The Morgan fingerprint density at radius 3 is 2.45 bits per heavy atom. The van der Waals surface area contributed by atoms with Crippen LogP contribution in [0.1, 0.15) is 29.2 Å². The summed E-state index contributed by atoms with van der Waals surface area (Å²) < 4.78 is 19.7. The van der Waals surface area contributed by atoms with Crippen molar-refractivity contribution in [2.75, 3.05) is 27.7 Å². The minimum absolute atomic E-state index is 0. The summed E-state index contributed by atoms with van der Waals surface area (Å²) >= 11 is 0. The molecule has 0 heterocycles. The number of guanidine groups is 1. The Morgan fingerprint density at radius 2 is 1.79 bits per heavy atom. The first-order chi connectivity index (χ1) is 13.4. The molecule has 2 rings (SSSR count). The molecule has 160 valence electrons. The van der Waals surface area contributed by atoms with Crippen LogP contribution in [-0.2, 0) is 19.6 Å². The number of hydrogen-bond donors (Lipinski definition) is 2. The van der Waals surface area contributed by atoms with Crippen molar-refractivity contribution in [2.45, 2.75) is 33.5 Å². The summed E-state index contributed by atoms with van der Waals surface area (Å²) in [6.07, 6.45) is 0. The molecule has 2 N–H and O–H groups in total. The number of ether oxygens (including phenoxy) is 1. The average Bonchev–Trinajstić information content (AvgIpc) is 2.65. The summed E-state index contributed by atoms with van der Waals surface area (Å²) in [6.45, 7) is 6.39. The van der Waals surface area contributed by atoms with Crippen LogP contribution in [0.5, 0.6) is 5.75 Å². The largest absolute Gasteiger partial charge is 0.494 e. The zero-order valence-electron chi connectivity index (χ0n) is 17.9. The van der Waals surface area contributed by atoms with Gasteiger partial charge in [-0.05, 0) is 57.3 Å². The predicted molar refractivity (Wildman–Crippen MR) is 129 cm³/mol. The first kappa shape index (κ1) is 25.2. The summed E-state index contributed by atoms with van der Waals surface area (Å²) in [6, 6.07) is 11.4. The van der Waals surface area contributed by atoms with E-state index < -0.39 is 0 Å². The van der Waals surface area contributed by atoms with E-state index in [1.165, 1.54) is 11.6 Å². The van der Waals surface area contributed by atoms with Gasteiger partial charge in [-0.2, -0.15) is 0 Å². The van der Waals surface area contributed by atoms with E-state index in [1.807, 2.05) is 45.0 Å². The van der Waals surface area contributed by atoms with Crippen molar-refractivity contribution in [2.24, 2.45) is 4.99 Å². The third-order valence-corrected chi connectivity index (χ3v) is 4.25. The van der Waals surface area contributed by atoms with Crippen LogP contribution in [0.2, 0.25) is 0 Å². The number of nitrogens with one attached hydrogen (secondary N) is 2. The fraction of sp³-hybridized carbons (Fsp3) is 0.409. The molecule has 0 fully saturated rings. The maximum atomic E-state index is 13.9. The van der Waals surface area contributed by atoms with Crippen molar-refractivity contribution in [1.29, 1.82) is 0 Å². The van der Waals surface area contributed by atoms with E-state index in [4.69, 9.17) is 4.74 Å². The van der Waals surface area contributed by atoms with Gasteiger partial charge < -0.3 is 20.3 Å². The SMILES string of the molecule is CCOc1cc(C)ccc1CNC(=NC)NCc1ccc(F)c(CN(C)C)c1.I. The lowest BCUT2D eigenvalue weighted by Crippen LogP contribution is -2.36. The van der Waals surface area contributed by atoms with Crippen molar-refractivity contribution in [1.82, 2.24) is 15.5 Å². The smallest absolute Gasteiger partial charge is 0.191 e. The second-order valence-corrected chi connectivity index (χ2v) is 6.99. The second kappa shape index (κ2) is 12.6. The molecule has 29 heavy (non-hydrogen) atoms. The standard InChI is InChI=1S/C22H31FN4O.HI/c1-6-28-21-11-16(2)7-9-18(21)14-26-22(24-3)25-13-17-8-10-20(23)19(12-17)15-27(4)5;/h7-12H,6,13-15H2,1-5H3,(H2,24,25,26);1H. The fourth-order valence-electron chi connectivity index (χ4n) is 2.88. The lowest BCUT2D eigenvalue weighted by molar-refractivity contribution is 0.336. The van der Waals surface area contributed by atoms with E-state index >= 15 is 0 Å². The van der Waals surface area contributed by atoms with Crippen LogP contribution in [0.25, 0.3) is 0 Å². The third kappa shape index (κ3) is 8.18. The molecule has 0 aromatic heterocycles. The molecular weight excluding hydrogens is 482 g/mol. The molecule has 5 nitrogen and oxygen atoms in total. The highest BCUT2D eigenvalue weighted by Gasteiger charge is 2.07. The number of aliphatic imine (C=N–C) groups is 1. The zero-order valence-corrected chi connectivity index (χ0v) is 20.2. The van der Waals surface area contributed by atoms with E-state index in [2.05, 4.69) is 27.8 Å². The third-order valence-electron chi connectivity index (χ3n) is 4.25. The summed E-state index contributed by atoms with van der Waals surface area (Å²) in [5.74, 6) is 1.39. The van der Waals surface area contributed by atoms with Crippen LogP contribution in [0.4, 0.5) is 4.39 Å². The quantitative estimate of drug-likeness (QED) is 0.317. The molecule has 2 aromatic carbocycles. The summed E-state index contributed by atoms with van der Waals surface area (Å²) in [5, 5.41) is 6.59. The maximum Gasteiger partial charge on any atom is 0.191 e. The molecule has 0 aliphatic carbocycles. The molecule has 0 radical (unpaired) electrons. The van der Waals surface area contributed by atoms with E-state index in [9.17, 15) is 4.39 Å². The van der Waals surface area contributed by atoms with Crippen molar-refractivity contribution in [3.63, 3.8) is 0 Å². The molecule has 0 saturated heterocycles. The Balaban J connectivity index is 0.00000420. The molecule has 0 saturated carbocycles. The highest BCUT2D eigenvalue weighted by molar-refractivity contribution is 14.0. The van der Waals surface area contributed by atoms with Crippen LogP contribution < -0.4 is 15.4 Å². The molecular formula is C22H32FIN4O. The van der Waals surface area contributed by atoms with Gasteiger partial charge >= 0.3 is 0 Å². The summed E-state index contributed by atoms with van der Waals surface area (Å²) in [5.41, 5.74) is 3.93. The minimum atomic E-state index is -0.178. The number of benzene rings is 2. The monoisotopic (exact) mass is 514 g/mol. The maximum absolute atomic E-state index is 13.9. The molecule has 0 aliphatic rings. The molecule has 0 atom stereocenters. The average molecular weight is 514 g/mol. The van der Waals surface area contributed by atoms with Gasteiger partial charge in [0.1, 0.15) is 11.6 Å². The lowest BCUT2D eigenvalue weighted by Gasteiger charge is -2.16. The van der Waals surface area contributed by atoms with E-state index in [0.29, 0.717) is 37.8 Å². The van der Waals surface area contributed by atoms with E-state index in [0.717, 1.165) is 16.9 Å². The van der Waals surface area contributed by atoms with Gasteiger partial charge in [-0.1, -0.05) is 18.2 Å². The molecule has 7 heteroatoms. The molecule has 0 bridgehead atoms. The van der Waals surface area contributed by atoms with Gasteiger partial charge in [0.05, 0.1) is 6.61 Å². The van der Waals surface area contributed by atoms with Crippen LogP contribution in [0.15, 0.2) is 41.4 Å². The Hall–Kier alpha value is -1.87. The molecule has 0 spiro atoms. The van der Waals surface area contributed by atoms with Gasteiger partial charge in [0.25, 0.3) is 0 Å². The highest BCUT2D eigenvalue weighted by atomic mass is 127. The van der Waals surface area contributed by atoms with Crippen LogP contribution in [0.3, 0.4) is 0 Å². The van der Waals surface area contributed by atoms with Gasteiger partial charge in [-0.15, -0.1) is 24.0 Å². The first-order valence-electron chi connectivity index (χ1n) is 9.51. The Kier molecular flexibility index (Phi) is 11.0. The molecule has 0 amide bonds.